The van der Waals surface area contributed by atoms with Crippen LogP contribution in [0.25, 0.3) is 10.8 Å². The molecule has 0 amide bonds. The third-order valence-electron chi connectivity index (χ3n) is 3.35. The van der Waals surface area contributed by atoms with Crippen molar-refractivity contribution in [2.45, 2.75) is 19.9 Å². The van der Waals surface area contributed by atoms with Gasteiger partial charge in [0, 0.05) is 28.3 Å². The van der Waals surface area contributed by atoms with E-state index in [9.17, 15) is 0 Å². The Labute approximate surface area is 117 Å². The predicted molar refractivity (Wildman–Crippen MR) is 82.8 cm³/mol. The van der Waals surface area contributed by atoms with E-state index >= 15 is 0 Å². The van der Waals surface area contributed by atoms with Gasteiger partial charge in [-0.15, -0.1) is 11.3 Å². The lowest BCUT2D eigenvalue weighted by atomic mass is 10.1. The molecular weight excluding hydrogens is 252 g/mol. The first-order valence-corrected chi connectivity index (χ1v) is 7.27. The molecule has 1 N–H and O–H groups in total. The lowest BCUT2D eigenvalue weighted by Crippen LogP contribution is -2.06. The van der Waals surface area contributed by atoms with Crippen molar-refractivity contribution in [2.24, 2.45) is 0 Å². The first-order chi connectivity index (χ1) is 9.25. The van der Waals surface area contributed by atoms with Crippen LogP contribution in [0, 0.1) is 6.92 Å². The average Bonchev–Trinajstić information content (AvgIpc) is 2.85. The SMILES string of the molecule is Cc1ccsc1C(C)Nc1cccc2ccncc12. The number of pyridine rings is 1. The zero-order valence-corrected chi connectivity index (χ0v) is 11.9. The first-order valence-electron chi connectivity index (χ1n) is 6.39. The van der Waals surface area contributed by atoms with Gasteiger partial charge in [-0.1, -0.05) is 12.1 Å². The molecule has 0 saturated heterocycles. The van der Waals surface area contributed by atoms with Crippen molar-refractivity contribution in [2.75, 3.05) is 5.32 Å². The van der Waals surface area contributed by atoms with Gasteiger partial charge in [0.05, 0.1) is 6.04 Å². The molecule has 0 aliphatic carbocycles. The van der Waals surface area contributed by atoms with Gasteiger partial charge in [0.1, 0.15) is 0 Å². The first kappa shape index (κ1) is 12.2. The Hall–Kier alpha value is -1.87. The van der Waals surface area contributed by atoms with Crippen molar-refractivity contribution in [3.63, 3.8) is 0 Å². The minimum atomic E-state index is 0.311. The smallest absolute Gasteiger partial charge is 0.0581 e. The fourth-order valence-corrected chi connectivity index (χ4v) is 3.30. The van der Waals surface area contributed by atoms with Crippen molar-refractivity contribution in [3.05, 3.63) is 58.5 Å². The van der Waals surface area contributed by atoms with Crippen LogP contribution < -0.4 is 5.32 Å². The van der Waals surface area contributed by atoms with E-state index < -0.39 is 0 Å². The van der Waals surface area contributed by atoms with Crippen LogP contribution in [0.4, 0.5) is 5.69 Å². The van der Waals surface area contributed by atoms with Crippen molar-refractivity contribution < 1.29 is 0 Å². The van der Waals surface area contributed by atoms with Gasteiger partial charge in [0.25, 0.3) is 0 Å². The van der Waals surface area contributed by atoms with Crippen molar-refractivity contribution in [1.82, 2.24) is 4.98 Å². The summed E-state index contributed by atoms with van der Waals surface area (Å²) in [6.45, 7) is 4.36. The van der Waals surface area contributed by atoms with E-state index in [1.165, 1.54) is 21.2 Å². The molecule has 0 spiro atoms. The fourth-order valence-electron chi connectivity index (χ4n) is 2.37. The molecule has 2 nitrogen and oxygen atoms in total. The molecule has 1 aromatic carbocycles. The molecule has 2 aromatic heterocycles. The molecule has 1 unspecified atom stereocenters. The van der Waals surface area contributed by atoms with Gasteiger partial charge in [0.15, 0.2) is 0 Å². The Morgan fingerprint density at radius 3 is 2.89 bits per heavy atom. The number of hydrogen-bond acceptors (Lipinski definition) is 3. The van der Waals surface area contributed by atoms with E-state index in [1.807, 2.05) is 18.5 Å². The van der Waals surface area contributed by atoms with Crippen LogP contribution in [-0.4, -0.2) is 4.98 Å². The second-order valence-electron chi connectivity index (χ2n) is 4.74. The summed E-state index contributed by atoms with van der Waals surface area (Å²) in [5, 5.41) is 8.13. The number of anilines is 1. The second-order valence-corrected chi connectivity index (χ2v) is 5.68. The Morgan fingerprint density at radius 1 is 1.21 bits per heavy atom. The zero-order chi connectivity index (χ0) is 13.2. The summed E-state index contributed by atoms with van der Waals surface area (Å²) in [6, 6.07) is 10.8. The molecule has 96 valence electrons. The summed E-state index contributed by atoms with van der Waals surface area (Å²) in [7, 11) is 0. The Bertz CT molecular complexity index is 697. The van der Waals surface area contributed by atoms with E-state index in [4.69, 9.17) is 0 Å². The largest absolute Gasteiger partial charge is 0.377 e. The Kier molecular flexibility index (Phi) is 3.22. The lowest BCUT2D eigenvalue weighted by molar-refractivity contribution is 0.901. The van der Waals surface area contributed by atoms with Gasteiger partial charge < -0.3 is 5.32 Å². The number of fused-ring (bicyclic) bond motifs is 1. The lowest BCUT2D eigenvalue weighted by Gasteiger charge is -2.16. The van der Waals surface area contributed by atoms with E-state index in [2.05, 4.69) is 53.8 Å². The minimum Gasteiger partial charge on any atom is -0.377 e. The second kappa shape index (κ2) is 5.02. The number of aromatic nitrogens is 1. The molecule has 0 aliphatic rings. The summed E-state index contributed by atoms with van der Waals surface area (Å²) >= 11 is 1.80. The number of rotatable bonds is 3. The Balaban J connectivity index is 1.96. The number of nitrogens with zero attached hydrogens (tertiary/aromatic N) is 1. The molecule has 3 rings (SSSR count). The third-order valence-corrected chi connectivity index (χ3v) is 4.55. The van der Waals surface area contributed by atoms with E-state index in [0.717, 1.165) is 5.69 Å². The van der Waals surface area contributed by atoms with Gasteiger partial charge in [-0.2, -0.15) is 0 Å². The van der Waals surface area contributed by atoms with Crippen LogP contribution in [0.5, 0.6) is 0 Å². The summed E-state index contributed by atoms with van der Waals surface area (Å²) in [5.41, 5.74) is 2.49. The summed E-state index contributed by atoms with van der Waals surface area (Å²) in [4.78, 5) is 5.61. The van der Waals surface area contributed by atoms with Gasteiger partial charge >= 0.3 is 0 Å². The van der Waals surface area contributed by atoms with Crippen LogP contribution >= 0.6 is 11.3 Å². The van der Waals surface area contributed by atoms with Crippen molar-refractivity contribution >= 4 is 27.8 Å². The molecule has 3 aromatic rings. The van der Waals surface area contributed by atoms with Gasteiger partial charge in [0.2, 0.25) is 0 Å². The van der Waals surface area contributed by atoms with Crippen molar-refractivity contribution in [3.8, 4) is 0 Å². The molecule has 1 atom stereocenters. The van der Waals surface area contributed by atoms with Crippen molar-refractivity contribution in [1.29, 1.82) is 0 Å². The molecule has 0 saturated carbocycles. The highest BCUT2D eigenvalue weighted by molar-refractivity contribution is 7.10. The van der Waals surface area contributed by atoms with Crippen LogP contribution in [0.1, 0.15) is 23.4 Å². The monoisotopic (exact) mass is 268 g/mol. The van der Waals surface area contributed by atoms with Crippen LogP contribution in [0.2, 0.25) is 0 Å². The maximum Gasteiger partial charge on any atom is 0.0581 e. The molecule has 0 aliphatic heterocycles. The summed E-state index contributed by atoms with van der Waals surface area (Å²) in [5.74, 6) is 0. The maximum atomic E-state index is 4.22. The van der Waals surface area contributed by atoms with Crippen LogP contribution in [0.15, 0.2) is 48.1 Å². The maximum absolute atomic E-state index is 4.22. The highest BCUT2D eigenvalue weighted by atomic mass is 32.1. The number of nitrogens with one attached hydrogen (secondary N) is 1. The Morgan fingerprint density at radius 2 is 2.11 bits per heavy atom. The van der Waals surface area contributed by atoms with Crippen LogP contribution in [0.3, 0.4) is 0 Å². The molecule has 2 heterocycles. The van der Waals surface area contributed by atoms with Crippen LogP contribution in [-0.2, 0) is 0 Å². The quantitative estimate of drug-likeness (QED) is 0.739. The number of thiophene rings is 1. The molecule has 0 radical (unpaired) electrons. The van der Waals surface area contributed by atoms with E-state index in [-0.39, 0.29) is 0 Å². The molecule has 0 fully saturated rings. The highest BCUT2D eigenvalue weighted by Crippen LogP contribution is 2.29. The highest BCUT2D eigenvalue weighted by Gasteiger charge is 2.10. The van der Waals surface area contributed by atoms with Gasteiger partial charge in [-0.3, -0.25) is 4.98 Å². The standard InChI is InChI=1S/C16H16N2S/c1-11-7-9-19-16(11)12(2)18-15-5-3-4-13-6-8-17-10-14(13)15/h3-10,12,18H,1-2H3. The summed E-state index contributed by atoms with van der Waals surface area (Å²) in [6.07, 6.45) is 3.75. The normalized spacial score (nSPS) is 12.5. The molecule has 3 heteroatoms. The number of benzene rings is 1. The number of aryl methyl sites for hydroxylation is 1. The van der Waals surface area contributed by atoms with E-state index in [1.54, 1.807) is 11.3 Å². The third kappa shape index (κ3) is 2.34. The molecular formula is C16H16N2S. The minimum absolute atomic E-state index is 0.311. The summed E-state index contributed by atoms with van der Waals surface area (Å²) < 4.78 is 0. The van der Waals surface area contributed by atoms with Gasteiger partial charge in [-0.05, 0) is 48.4 Å². The van der Waals surface area contributed by atoms with Gasteiger partial charge in [-0.25, -0.2) is 0 Å². The average molecular weight is 268 g/mol. The molecule has 0 bridgehead atoms. The zero-order valence-electron chi connectivity index (χ0n) is 11.1. The number of hydrogen-bond donors (Lipinski definition) is 1. The van der Waals surface area contributed by atoms with E-state index in [0.29, 0.717) is 6.04 Å². The topological polar surface area (TPSA) is 24.9 Å². The molecule has 19 heavy (non-hydrogen) atoms. The predicted octanol–water partition coefficient (Wildman–Crippen LogP) is 4.78. The fraction of sp³-hybridized carbons (Fsp3) is 0.188.